The minimum atomic E-state index is -0.377. The summed E-state index contributed by atoms with van der Waals surface area (Å²) in [4.78, 5) is 24.6. The van der Waals surface area contributed by atoms with Crippen LogP contribution in [0.4, 0.5) is 0 Å². The second-order valence-electron chi connectivity index (χ2n) is 4.24. The van der Waals surface area contributed by atoms with Crippen molar-refractivity contribution in [2.45, 2.75) is 39.8 Å². The summed E-state index contributed by atoms with van der Waals surface area (Å²) < 4.78 is 0. The molecule has 0 aromatic rings. The molecule has 1 fully saturated rings. The molecule has 1 N–H and O–H groups in total. The van der Waals surface area contributed by atoms with Crippen molar-refractivity contribution in [3.63, 3.8) is 0 Å². The van der Waals surface area contributed by atoms with Crippen molar-refractivity contribution < 1.29 is 9.59 Å². The predicted octanol–water partition coefficient (Wildman–Crippen LogP) is 0.378. The van der Waals surface area contributed by atoms with Gasteiger partial charge >= 0.3 is 0 Å². The molecule has 0 aromatic carbocycles. The van der Waals surface area contributed by atoms with Gasteiger partial charge in [0, 0.05) is 6.04 Å². The van der Waals surface area contributed by atoms with E-state index in [-0.39, 0.29) is 30.4 Å². The molecule has 1 aliphatic rings. The second kappa shape index (κ2) is 3.98. The summed E-state index contributed by atoms with van der Waals surface area (Å²) in [5.74, 6) is 0.326. The quantitative estimate of drug-likeness (QED) is 0.697. The molecular weight excluding hydrogens is 180 g/mol. The van der Waals surface area contributed by atoms with Gasteiger partial charge in [-0.05, 0) is 19.8 Å². The Morgan fingerprint density at radius 1 is 1.36 bits per heavy atom. The van der Waals surface area contributed by atoms with E-state index in [1.54, 1.807) is 11.8 Å². The molecule has 2 atom stereocenters. The summed E-state index contributed by atoms with van der Waals surface area (Å²) in [6.07, 6.45) is 0. The average Bonchev–Trinajstić information content (AvgIpc) is 2.09. The van der Waals surface area contributed by atoms with Crippen molar-refractivity contribution in [1.29, 1.82) is 0 Å². The molecule has 0 bridgehead atoms. The van der Waals surface area contributed by atoms with E-state index in [0.717, 1.165) is 0 Å². The van der Waals surface area contributed by atoms with E-state index in [2.05, 4.69) is 19.2 Å². The summed E-state index contributed by atoms with van der Waals surface area (Å²) in [7, 11) is 0. The molecule has 4 nitrogen and oxygen atoms in total. The highest BCUT2D eigenvalue weighted by molar-refractivity contribution is 5.94. The molecule has 0 radical (unpaired) electrons. The molecule has 1 heterocycles. The summed E-state index contributed by atoms with van der Waals surface area (Å²) in [6.45, 7) is 8.00. The third-order valence-corrected chi connectivity index (χ3v) is 2.80. The molecule has 4 heteroatoms. The Morgan fingerprint density at radius 3 is 2.43 bits per heavy atom. The Labute approximate surface area is 84.7 Å². The lowest BCUT2D eigenvalue weighted by Gasteiger charge is -2.37. The SMILES string of the molecule is CC1NC(=O)CN(C(C)C(C)C)C1=O. The minimum Gasteiger partial charge on any atom is -0.343 e. The van der Waals surface area contributed by atoms with E-state index in [1.165, 1.54) is 0 Å². The van der Waals surface area contributed by atoms with Crippen LogP contribution in [0.1, 0.15) is 27.7 Å². The summed E-state index contributed by atoms with van der Waals surface area (Å²) in [5, 5.41) is 2.62. The Kier molecular flexibility index (Phi) is 3.13. The maximum absolute atomic E-state index is 11.7. The van der Waals surface area contributed by atoms with E-state index >= 15 is 0 Å². The number of hydrogen-bond acceptors (Lipinski definition) is 2. The highest BCUT2D eigenvalue weighted by atomic mass is 16.2. The van der Waals surface area contributed by atoms with Gasteiger partial charge in [0.25, 0.3) is 0 Å². The zero-order valence-electron chi connectivity index (χ0n) is 9.20. The zero-order valence-corrected chi connectivity index (χ0v) is 9.20. The van der Waals surface area contributed by atoms with Crippen LogP contribution in [0.15, 0.2) is 0 Å². The van der Waals surface area contributed by atoms with Gasteiger partial charge in [0.15, 0.2) is 0 Å². The first-order valence-corrected chi connectivity index (χ1v) is 5.03. The summed E-state index contributed by atoms with van der Waals surface area (Å²) in [5.41, 5.74) is 0. The van der Waals surface area contributed by atoms with Gasteiger partial charge in [-0.1, -0.05) is 13.8 Å². The lowest BCUT2D eigenvalue weighted by Crippen LogP contribution is -2.59. The highest BCUT2D eigenvalue weighted by Gasteiger charge is 2.33. The molecule has 1 saturated heterocycles. The first-order chi connectivity index (χ1) is 6.43. The van der Waals surface area contributed by atoms with Crippen LogP contribution in [0, 0.1) is 5.92 Å². The Morgan fingerprint density at radius 2 is 1.93 bits per heavy atom. The molecule has 0 aliphatic carbocycles. The fourth-order valence-electron chi connectivity index (χ4n) is 1.53. The maximum Gasteiger partial charge on any atom is 0.245 e. The number of carbonyl (C=O) groups excluding carboxylic acids is 2. The third-order valence-electron chi connectivity index (χ3n) is 2.80. The molecule has 2 unspecified atom stereocenters. The van der Waals surface area contributed by atoms with Crippen molar-refractivity contribution in [3.05, 3.63) is 0 Å². The zero-order chi connectivity index (χ0) is 10.9. The standard InChI is InChI=1S/C10H18N2O2/c1-6(2)8(4)12-5-9(13)11-7(3)10(12)14/h6-8H,5H2,1-4H3,(H,11,13). The second-order valence-corrected chi connectivity index (χ2v) is 4.24. The number of piperazine rings is 1. The smallest absolute Gasteiger partial charge is 0.245 e. The van der Waals surface area contributed by atoms with E-state index in [1.807, 2.05) is 6.92 Å². The number of nitrogens with zero attached hydrogens (tertiary/aromatic N) is 1. The maximum atomic E-state index is 11.7. The van der Waals surface area contributed by atoms with Gasteiger partial charge < -0.3 is 10.2 Å². The Balaban J connectivity index is 2.76. The molecule has 0 saturated carbocycles. The molecular formula is C10H18N2O2. The van der Waals surface area contributed by atoms with Gasteiger partial charge in [-0.3, -0.25) is 9.59 Å². The number of nitrogens with one attached hydrogen (secondary N) is 1. The first kappa shape index (κ1) is 11.0. The number of carbonyl (C=O) groups is 2. The molecule has 0 aromatic heterocycles. The van der Waals surface area contributed by atoms with E-state index in [0.29, 0.717) is 5.92 Å². The van der Waals surface area contributed by atoms with Crippen LogP contribution in [-0.2, 0) is 9.59 Å². The molecule has 0 spiro atoms. The topological polar surface area (TPSA) is 49.4 Å². The van der Waals surface area contributed by atoms with Gasteiger partial charge in [-0.15, -0.1) is 0 Å². The average molecular weight is 198 g/mol. The van der Waals surface area contributed by atoms with Gasteiger partial charge in [0.05, 0.1) is 6.54 Å². The van der Waals surface area contributed by atoms with Gasteiger partial charge in [-0.25, -0.2) is 0 Å². The van der Waals surface area contributed by atoms with Gasteiger partial charge in [0.2, 0.25) is 11.8 Å². The minimum absolute atomic E-state index is 0.0193. The summed E-state index contributed by atoms with van der Waals surface area (Å²) in [6, 6.07) is -0.256. The molecule has 80 valence electrons. The van der Waals surface area contributed by atoms with Gasteiger partial charge in [0.1, 0.15) is 6.04 Å². The fraction of sp³-hybridized carbons (Fsp3) is 0.800. The van der Waals surface area contributed by atoms with Crippen molar-refractivity contribution in [2.75, 3.05) is 6.54 Å². The van der Waals surface area contributed by atoms with Crippen LogP contribution in [0.5, 0.6) is 0 Å². The Bertz CT molecular complexity index is 251. The van der Waals surface area contributed by atoms with Crippen LogP contribution in [-0.4, -0.2) is 35.3 Å². The third kappa shape index (κ3) is 2.05. The number of rotatable bonds is 2. The van der Waals surface area contributed by atoms with Crippen molar-refractivity contribution in [3.8, 4) is 0 Å². The fourth-order valence-corrected chi connectivity index (χ4v) is 1.53. The largest absolute Gasteiger partial charge is 0.343 e. The predicted molar refractivity (Wildman–Crippen MR) is 53.6 cm³/mol. The van der Waals surface area contributed by atoms with E-state index in [9.17, 15) is 9.59 Å². The molecule has 1 rings (SSSR count). The normalized spacial score (nSPS) is 25.2. The van der Waals surface area contributed by atoms with E-state index in [4.69, 9.17) is 0 Å². The van der Waals surface area contributed by atoms with E-state index < -0.39 is 0 Å². The van der Waals surface area contributed by atoms with Gasteiger partial charge in [-0.2, -0.15) is 0 Å². The van der Waals surface area contributed by atoms with Crippen LogP contribution in [0.25, 0.3) is 0 Å². The molecule has 14 heavy (non-hydrogen) atoms. The first-order valence-electron chi connectivity index (χ1n) is 5.03. The number of hydrogen-bond donors (Lipinski definition) is 1. The van der Waals surface area contributed by atoms with Crippen molar-refractivity contribution in [1.82, 2.24) is 10.2 Å². The monoisotopic (exact) mass is 198 g/mol. The van der Waals surface area contributed by atoms with Crippen LogP contribution in [0.2, 0.25) is 0 Å². The van der Waals surface area contributed by atoms with Crippen LogP contribution < -0.4 is 5.32 Å². The summed E-state index contributed by atoms with van der Waals surface area (Å²) >= 11 is 0. The van der Waals surface area contributed by atoms with Crippen LogP contribution in [0.3, 0.4) is 0 Å². The van der Waals surface area contributed by atoms with Crippen molar-refractivity contribution in [2.24, 2.45) is 5.92 Å². The molecule has 1 aliphatic heterocycles. The lowest BCUT2D eigenvalue weighted by molar-refractivity contribution is -0.146. The van der Waals surface area contributed by atoms with Crippen molar-refractivity contribution >= 4 is 11.8 Å². The van der Waals surface area contributed by atoms with Crippen LogP contribution >= 0.6 is 0 Å². The number of amides is 2. The Hall–Kier alpha value is -1.06. The lowest BCUT2D eigenvalue weighted by atomic mass is 10.0. The highest BCUT2D eigenvalue weighted by Crippen LogP contribution is 2.13. The molecule has 2 amide bonds.